The van der Waals surface area contributed by atoms with Crippen molar-refractivity contribution in [3.63, 3.8) is 0 Å². The van der Waals surface area contributed by atoms with Crippen molar-refractivity contribution in [1.82, 2.24) is 4.98 Å². The number of aliphatic hydroxyl groups is 1. The van der Waals surface area contributed by atoms with Crippen LogP contribution in [0.5, 0.6) is 0 Å². The number of aromatic nitrogens is 1. The highest BCUT2D eigenvalue weighted by molar-refractivity contribution is 7.09. The van der Waals surface area contributed by atoms with Gasteiger partial charge in [0.2, 0.25) is 0 Å². The molecule has 0 fully saturated rings. The van der Waals surface area contributed by atoms with Gasteiger partial charge in [-0.15, -0.1) is 11.3 Å². The maximum absolute atomic E-state index is 14.0. The molecule has 1 heterocycles. The maximum atomic E-state index is 14.0. The normalized spacial score (nSPS) is 12.5. The molecule has 0 aliphatic heterocycles. The predicted octanol–water partition coefficient (Wildman–Crippen LogP) is 3.28. The van der Waals surface area contributed by atoms with E-state index in [2.05, 4.69) is 4.98 Å². The Hall–Kier alpha value is -1.46. The number of rotatable bonds is 4. The summed E-state index contributed by atoms with van der Waals surface area (Å²) < 4.78 is 14.0. The number of hydrogen-bond acceptors (Lipinski definition) is 4. The number of aryl methyl sites for hydroxylation is 1. The fourth-order valence-corrected chi connectivity index (χ4v) is 2.70. The summed E-state index contributed by atoms with van der Waals surface area (Å²) in [4.78, 5) is 7.16. The third-order valence-corrected chi connectivity index (χ3v) is 4.01. The average Bonchev–Trinajstić information content (AvgIpc) is 2.74. The molecular formula is C14H17FN2OS. The summed E-state index contributed by atoms with van der Waals surface area (Å²) in [6.07, 6.45) is -0.655. The number of thiazole rings is 1. The minimum atomic E-state index is -0.655. The van der Waals surface area contributed by atoms with Crippen molar-refractivity contribution < 1.29 is 9.50 Å². The van der Waals surface area contributed by atoms with Gasteiger partial charge in [0.15, 0.2) is 0 Å². The number of hydrogen-bond donors (Lipinski definition) is 1. The van der Waals surface area contributed by atoms with E-state index >= 15 is 0 Å². The smallest absolute Gasteiger partial charge is 0.146 e. The topological polar surface area (TPSA) is 36.4 Å². The Morgan fingerprint density at radius 1 is 1.47 bits per heavy atom. The van der Waals surface area contributed by atoms with Gasteiger partial charge >= 0.3 is 0 Å². The van der Waals surface area contributed by atoms with E-state index in [1.807, 2.05) is 18.9 Å². The quantitative estimate of drug-likeness (QED) is 0.933. The van der Waals surface area contributed by atoms with Crippen LogP contribution in [0.25, 0.3) is 0 Å². The van der Waals surface area contributed by atoms with Crippen LogP contribution in [0.4, 0.5) is 10.1 Å². The molecule has 1 aromatic carbocycles. The van der Waals surface area contributed by atoms with Crippen LogP contribution in [0.3, 0.4) is 0 Å². The van der Waals surface area contributed by atoms with E-state index in [4.69, 9.17) is 0 Å². The molecule has 1 aromatic heterocycles. The Labute approximate surface area is 116 Å². The molecule has 1 unspecified atom stereocenters. The van der Waals surface area contributed by atoms with Gasteiger partial charge in [0.05, 0.1) is 29.5 Å². The van der Waals surface area contributed by atoms with E-state index in [9.17, 15) is 9.50 Å². The van der Waals surface area contributed by atoms with Gasteiger partial charge in [-0.3, -0.25) is 0 Å². The van der Waals surface area contributed by atoms with Crippen LogP contribution in [-0.2, 0) is 6.54 Å². The van der Waals surface area contributed by atoms with E-state index in [1.165, 1.54) is 6.07 Å². The lowest BCUT2D eigenvalue weighted by molar-refractivity contribution is 0.199. The van der Waals surface area contributed by atoms with Crippen molar-refractivity contribution in [1.29, 1.82) is 0 Å². The molecule has 1 atom stereocenters. The summed E-state index contributed by atoms with van der Waals surface area (Å²) in [7, 11) is 1.85. The molecule has 3 nitrogen and oxygen atoms in total. The summed E-state index contributed by atoms with van der Waals surface area (Å²) in [5.74, 6) is -0.317. The van der Waals surface area contributed by atoms with Gasteiger partial charge in [0.25, 0.3) is 0 Å². The van der Waals surface area contributed by atoms with Crippen molar-refractivity contribution in [3.8, 4) is 0 Å². The molecule has 0 aliphatic rings. The lowest BCUT2D eigenvalue weighted by Gasteiger charge is -2.20. The second-order valence-corrected chi connectivity index (χ2v) is 5.54. The molecule has 19 heavy (non-hydrogen) atoms. The molecule has 1 N–H and O–H groups in total. The summed E-state index contributed by atoms with van der Waals surface area (Å²) in [5, 5.41) is 9.43. The van der Waals surface area contributed by atoms with E-state index < -0.39 is 6.10 Å². The number of benzene rings is 1. The zero-order valence-electron chi connectivity index (χ0n) is 11.2. The van der Waals surface area contributed by atoms with Gasteiger partial charge in [0, 0.05) is 11.9 Å². The molecule has 102 valence electrons. The van der Waals surface area contributed by atoms with Crippen molar-refractivity contribution in [2.75, 3.05) is 11.9 Å². The SMILES string of the molecule is Cc1ncsc1CN(C)c1ccc(C(C)O)cc1F. The molecule has 0 saturated carbocycles. The minimum Gasteiger partial charge on any atom is -0.389 e. The Balaban J connectivity index is 2.20. The van der Waals surface area contributed by atoms with Crippen molar-refractivity contribution in [3.05, 3.63) is 45.7 Å². The first kappa shape index (κ1) is 14.0. The highest BCUT2D eigenvalue weighted by Gasteiger charge is 2.12. The van der Waals surface area contributed by atoms with Crippen LogP contribution < -0.4 is 4.90 Å². The van der Waals surface area contributed by atoms with Crippen LogP contribution in [-0.4, -0.2) is 17.1 Å². The van der Waals surface area contributed by atoms with Crippen LogP contribution >= 0.6 is 11.3 Å². The van der Waals surface area contributed by atoms with E-state index in [0.29, 0.717) is 17.8 Å². The lowest BCUT2D eigenvalue weighted by atomic mass is 10.1. The second-order valence-electron chi connectivity index (χ2n) is 4.60. The third kappa shape index (κ3) is 3.11. The van der Waals surface area contributed by atoms with Crippen LogP contribution in [0.1, 0.15) is 29.2 Å². The number of halogens is 1. The molecule has 0 saturated heterocycles. The Bertz CT molecular complexity index is 568. The van der Waals surface area contributed by atoms with Crippen LogP contribution in [0.2, 0.25) is 0 Å². The standard InChI is InChI=1S/C14H17FN2OS/c1-9-14(19-8-16-9)7-17(3)13-5-4-11(10(2)18)6-12(13)15/h4-6,8,10,18H,7H2,1-3H3. The van der Waals surface area contributed by atoms with Crippen molar-refractivity contribution >= 4 is 17.0 Å². The molecule has 0 radical (unpaired) electrons. The highest BCUT2D eigenvalue weighted by Crippen LogP contribution is 2.25. The fraction of sp³-hybridized carbons (Fsp3) is 0.357. The zero-order valence-corrected chi connectivity index (χ0v) is 12.0. The highest BCUT2D eigenvalue weighted by atomic mass is 32.1. The van der Waals surface area contributed by atoms with Gasteiger partial charge in [-0.1, -0.05) is 6.07 Å². The molecule has 0 aliphatic carbocycles. The fourth-order valence-electron chi connectivity index (χ4n) is 1.87. The summed E-state index contributed by atoms with van der Waals surface area (Å²) in [5.41, 5.74) is 3.89. The molecule has 0 spiro atoms. The van der Waals surface area contributed by atoms with E-state index in [0.717, 1.165) is 10.6 Å². The van der Waals surface area contributed by atoms with E-state index in [-0.39, 0.29) is 5.82 Å². The number of nitrogens with zero attached hydrogens (tertiary/aromatic N) is 2. The lowest BCUT2D eigenvalue weighted by Crippen LogP contribution is -2.17. The minimum absolute atomic E-state index is 0.317. The van der Waals surface area contributed by atoms with Crippen molar-refractivity contribution in [2.45, 2.75) is 26.5 Å². The summed E-state index contributed by atoms with van der Waals surface area (Å²) in [6.45, 7) is 4.20. The Kier molecular flexibility index (Phi) is 4.17. The molecule has 0 bridgehead atoms. The van der Waals surface area contributed by atoms with Crippen LogP contribution in [0.15, 0.2) is 23.7 Å². The molecule has 2 rings (SSSR count). The Morgan fingerprint density at radius 3 is 2.74 bits per heavy atom. The first-order valence-corrected chi connectivity index (χ1v) is 6.94. The third-order valence-electron chi connectivity index (χ3n) is 3.09. The molecule has 5 heteroatoms. The van der Waals surface area contributed by atoms with Crippen LogP contribution in [0, 0.1) is 12.7 Å². The first-order valence-electron chi connectivity index (χ1n) is 6.06. The average molecular weight is 280 g/mol. The number of aliphatic hydroxyl groups excluding tert-OH is 1. The van der Waals surface area contributed by atoms with E-state index in [1.54, 1.807) is 35.9 Å². The van der Waals surface area contributed by atoms with Gasteiger partial charge in [-0.25, -0.2) is 9.37 Å². The molecule has 2 aromatic rings. The van der Waals surface area contributed by atoms with Gasteiger partial charge in [-0.05, 0) is 31.5 Å². The predicted molar refractivity (Wildman–Crippen MR) is 76.0 cm³/mol. The Morgan fingerprint density at radius 2 is 2.21 bits per heavy atom. The first-order chi connectivity index (χ1) is 8.99. The van der Waals surface area contributed by atoms with Gasteiger partial charge < -0.3 is 10.0 Å². The molecule has 0 amide bonds. The summed E-state index contributed by atoms with van der Waals surface area (Å²) in [6, 6.07) is 4.84. The summed E-state index contributed by atoms with van der Waals surface area (Å²) >= 11 is 1.57. The van der Waals surface area contributed by atoms with Gasteiger partial charge in [0.1, 0.15) is 5.82 Å². The zero-order chi connectivity index (χ0) is 14.0. The maximum Gasteiger partial charge on any atom is 0.146 e. The number of anilines is 1. The second kappa shape index (κ2) is 5.67. The monoisotopic (exact) mass is 280 g/mol. The van der Waals surface area contributed by atoms with Crippen molar-refractivity contribution in [2.24, 2.45) is 0 Å². The van der Waals surface area contributed by atoms with Gasteiger partial charge in [-0.2, -0.15) is 0 Å². The largest absolute Gasteiger partial charge is 0.389 e. The molecular weight excluding hydrogens is 263 g/mol.